The number of epoxide rings is 2. The summed E-state index contributed by atoms with van der Waals surface area (Å²) in [6.07, 6.45) is 1.72. The quantitative estimate of drug-likeness (QED) is 0.145. The first-order valence-corrected chi connectivity index (χ1v) is 21.7. The number of hydrogen-bond acceptors (Lipinski definition) is 12. The number of ketones is 2. The molecule has 0 aromatic heterocycles. The van der Waals surface area contributed by atoms with Crippen LogP contribution in [-0.2, 0) is 38.1 Å². The van der Waals surface area contributed by atoms with Crippen molar-refractivity contribution < 1.29 is 58.6 Å². The molecule has 4 N–H and O–H groups in total. The molecule has 0 aromatic carbocycles. The standard InChI is InChI=1S/C46H74O12/c1-25(31-21-35-45(11,57-35)19-13-15-27(3)39(51)29(5)41(53)43(7,8)33(47)23-37(49)55-31)17-18-26(2)32-22-36-46(12,58-36)20-14-16-28(4)40(52)30(6)42(54)44(9,10)34(48)24-38(50)56-32/h17-18,27-36,39-40,47-48,51-52H,13-16,19-24H2,1-12H3/b25-17+,26-18+/t27-,28-,29+,30+,31-,32-,33-,34-,35-,36-,39-,40-,45+,46+/m0/s1. The van der Waals surface area contributed by atoms with Gasteiger partial charge >= 0.3 is 11.9 Å². The van der Waals surface area contributed by atoms with Crippen LogP contribution < -0.4 is 0 Å². The van der Waals surface area contributed by atoms with Crippen molar-refractivity contribution in [2.75, 3.05) is 0 Å². The van der Waals surface area contributed by atoms with Crippen LogP contribution in [0.3, 0.4) is 0 Å². The SMILES string of the molecule is C/C(=C\C=C(/C)[C@@H]1C[C@@H]2O[C@]2(C)CCC[C@H](C)[C@H](O)[C@@H](C)C(=O)C(C)(C)[C@@H](O)CC(=O)O1)[C@@H]1C[C@@H]2O[C@]2(C)CCC[C@H](C)[C@H](O)[C@@H](C)C(=O)C(C)(C)[C@@H](O)CC(=O)O1. The van der Waals surface area contributed by atoms with Crippen molar-refractivity contribution in [2.24, 2.45) is 34.5 Å². The highest BCUT2D eigenvalue weighted by molar-refractivity contribution is 5.88. The van der Waals surface area contributed by atoms with Gasteiger partial charge in [0.05, 0.1) is 71.5 Å². The molecule has 4 fully saturated rings. The van der Waals surface area contributed by atoms with Crippen molar-refractivity contribution in [3.8, 4) is 0 Å². The van der Waals surface area contributed by atoms with Crippen molar-refractivity contribution in [3.05, 3.63) is 23.3 Å². The summed E-state index contributed by atoms with van der Waals surface area (Å²) >= 11 is 0. The molecule has 4 aliphatic rings. The molecule has 0 aromatic rings. The number of carbonyl (C=O) groups excluding carboxylic acids is 4. The van der Waals surface area contributed by atoms with Crippen molar-refractivity contribution in [1.29, 1.82) is 0 Å². The molecule has 4 saturated heterocycles. The fraction of sp³-hybridized carbons (Fsp3) is 0.826. The van der Waals surface area contributed by atoms with E-state index in [0.717, 1.165) is 25.7 Å². The summed E-state index contributed by atoms with van der Waals surface area (Å²) in [6, 6.07) is 0. The normalized spacial score (nSPS) is 43.0. The Kier molecular flexibility index (Phi) is 15.5. The second-order valence-corrected chi connectivity index (χ2v) is 20.0. The van der Waals surface area contributed by atoms with E-state index in [1.165, 1.54) is 0 Å². The van der Waals surface area contributed by atoms with E-state index in [4.69, 9.17) is 18.9 Å². The minimum atomic E-state index is -1.34. The molecule has 12 nitrogen and oxygen atoms in total. The number of fused-ring (bicyclic) bond motifs is 2. The molecule has 4 rings (SSSR count). The first-order valence-electron chi connectivity index (χ1n) is 21.7. The molecule has 14 atom stereocenters. The van der Waals surface area contributed by atoms with E-state index >= 15 is 0 Å². The largest absolute Gasteiger partial charge is 0.458 e. The number of hydrogen-bond donors (Lipinski definition) is 4. The van der Waals surface area contributed by atoms with E-state index in [2.05, 4.69) is 0 Å². The monoisotopic (exact) mass is 819 g/mol. The summed E-state index contributed by atoms with van der Waals surface area (Å²) in [4.78, 5) is 54.0. The molecule has 4 aliphatic heterocycles. The highest BCUT2D eigenvalue weighted by Crippen LogP contribution is 2.46. The van der Waals surface area contributed by atoms with Gasteiger partial charge in [-0.2, -0.15) is 0 Å². The first kappa shape index (κ1) is 48.2. The second kappa shape index (κ2) is 18.6. The number of allylic oxidation sites excluding steroid dienone is 2. The molecule has 0 aliphatic carbocycles. The zero-order valence-corrected chi connectivity index (χ0v) is 37.2. The summed E-state index contributed by atoms with van der Waals surface area (Å²) in [7, 11) is 0. The zero-order chi connectivity index (χ0) is 43.7. The molecular weight excluding hydrogens is 744 g/mol. The fourth-order valence-electron chi connectivity index (χ4n) is 9.07. The molecule has 12 heteroatoms. The van der Waals surface area contributed by atoms with E-state index in [9.17, 15) is 39.6 Å². The highest BCUT2D eigenvalue weighted by atomic mass is 16.6. The Morgan fingerprint density at radius 3 is 1.24 bits per heavy atom. The third-order valence-corrected chi connectivity index (χ3v) is 14.4. The molecule has 330 valence electrons. The number of cyclic esters (lactones) is 2. The van der Waals surface area contributed by atoms with Crippen LogP contribution in [0.15, 0.2) is 23.3 Å². The average Bonchev–Trinajstić information content (AvgIpc) is 4.01. The summed E-state index contributed by atoms with van der Waals surface area (Å²) in [5, 5.41) is 44.4. The summed E-state index contributed by atoms with van der Waals surface area (Å²) < 4.78 is 24.4. The van der Waals surface area contributed by atoms with Crippen LogP contribution in [0, 0.1) is 34.5 Å². The number of aliphatic hydroxyl groups is 4. The van der Waals surface area contributed by atoms with E-state index in [1.807, 2.05) is 53.7 Å². The van der Waals surface area contributed by atoms with Gasteiger partial charge in [0.2, 0.25) is 0 Å². The van der Waals surface area contributed by atoms with Crippen LogP contribution in [0.5, 0.6) is 0 Å². The molecular formula is C46H74O12. The van der Waals surface area contributed by atoms with Gasteiger partial charge in [0.15, 0.2) is 0 Å². The Hall–Kier alpha value is -2.48. The number of ether oxygens (including phenoxy) is 4. The van der Waals surface area contributed by atoms with Gasteiger partial charge in [-0.15, -0.1) is 0 Å². The van der Waals surface area contributed by atoms with Crippen LogP contribution in [-0.4, -0.2) is 104 Å². The van der Waals surface area contributed by atoms with Crippen molar-refractivity contribution in [2.45, 2.75) is 207 Å². The predicted octanol–water partition coefficient (Wildman–Crippen LogP) is 6.12. The van der Waals surface area contributed by atoms with Gasteiger partial charge in [-0.25, -0.2) is 0 Å². The van der Waals surface area contributed by atoms with Crippen molar-refractivity contribution >= 4 is 23.5 Å². The third kappa shape index (κ3) is 11.3. The van der Waals surface area contributed by atoms with Crippen LogP contribution in [0.4, 0.5) is 0 Å². The van der Waals surface area contributed by atoms with E-state index in [1.54, 1.807) is 41.5 Å². The lowest BCUT2D eigenvalue weighted by molar-refractivity contribution is -0.156. The van der Waals surface area contributed by atoms with Crippen molar-refractivity contribution in [3.63, 3.8) is 0 Å². The van der Waals surface area contributed by atoms with Crippen LogP contribution in [0.2, 0.25) is 0 Å². The van der Waals surface area contributed by atoms with Crippen molar-refractivity contribution in [1.82, 2.24) is 0 Å². The number of Topliss-reactive ketones (excluding diaryl/α,β-unsaturated/α-hetero) is 2. The highest BCUT2D eigenvalue weighted by Gasteiger charge is 2.54. The van der Waals surface area contributed by atoms with Crippen LogP contribution >= 0.6 is 0 Å². The Morgan fingerprint density at radius 2 is 0.914 bits per heavy atom. The molecule has 4 heterocycles. The fourth-order valence-corrected chi connectivity index (χ4v) is 9.07. The topological polar surface area (TPSA) is 193 Å². The Labute approximate surface area is 346 Å². The number of aliphatic hydroxyl groups excluding tert-OH is 4. The lowest BCUT2D eigenvalue weighted by Crippen LogP contribution is -2.45. The molecule has 0 unspecified atom stereocenters. The van der Waals surface area contributed by atoms with E-state index < -0.39 is 95.3 Å². The molecule has 0 bridgehead atoms. The van der Waals surface area contributed by atoms with Gasteiger partial charge in [-0.1, -0.05) is 80.4 Å². The van der Waals surface area contributed by atoms with Gasteiger partial charge in [0.25, 0.3) is 0 Å². The predicted molar refractivity (Wildman–Crippen MR) is 218 cm³/mol. The van der Waals surface area contributed by atoms with E-state index in [0.29, 0.717) is 36.8 Å². The molecule has 0 radical (unpaired) electrons. The van der Waals surface area contributed by atoms with Crippen LogP contribution in [0.1, 0.15) is 147 Å². The Balaban J connectivity index is 1.58. The third-order valence-electron chi connectivity index (χ3n) is 14.4. The molecule has 58 heavy (non-hydrogen) atoms. The maximum absolute atomic E-state index is 13.5. The molecule has 0 spiro atoms. The summed E-state index contributed by atoms with van der Waals surface area (Å²) in [6.45, 7) is 21.3. The van der Waals surface area contributed by atoms with Crippen LogP contribution in [0.25, 0.3) is 0 Å². The summed E-state index contributed by atoms with van der Waals surface area (Å²) in [5.41, 5.74) is -2.08. The molecule has 0 amide bonds. The smallest absolute Gasteiger partial charge is 0.309 e. The summed E-state index contributed by atoms with van der Waals surface area (Å²) in [5.74, 6) is -3.73. The lowest BCUT2D eigenvalue weighted by atomic mass is 9.73. The number of carbonyl (C=O) groups is 4. The second-order valence-electron chi connectivity index (χ2n) is 20.0. The number of esters is 2. The van der Waals surface area contributed by atoms with Gasteiger partial charge in [-0.3, -0.25) is 19.2 Å². The van der Waals surface area contributed by atoms with Gasteiger partial charge < -0.3 is 39.4 Å². The lowest BCUT2D eigenvalue weighted by Gasteiger charge is -2.34. The number of rotatable bonds is 3. The Bertz CT molecular complexity index is 1450. The minimum absolute atomic E-state index is 0.148. The van der Waals surface area contributed by atoms with Gasteiger partial charge in [-0.05, 0) is 76.4 Å². The molecule has 0 saturated carbocycles. The minimum Gasteiger partial charge on any atom is -0.458 e. The van der Waals surface area contributed by atoms with Gasteiger partial charge in [0.1, 0.15) is 23.8 Å². The average molecular weight is 819 g/mol. The zero-order valence-electron chi connectivity index (χ0n) is 37.2. The van der Waals surface area contributed by atoms with Gasteiger partial charge in [0, 0.05) is 24.7 Å². The maximum Gasteiger partial charge on any atom is 0.309 e. The first-order chi connectivity index (χ1) is 26.7. The van der Waals surface area contributed by atoms with E-state index in [-0.39, 0.29) is 35.6 Å². The Morgan fingerprint density at radius 1 is 0.586 bits per heavy atom. The maximum atomic E-state index is 13.5.